The van der Waals surface area contributed by atoms with Crippen molar-refractivity contribution in [1.82, 2.24) is 20.5 Å². The van der Waals surface area contributed by atoms with Crippen LogP contribution in [-0.4, -0.2) is 41.5 Å². The minimum atomic E-state index is -0.318. The molecule has 26 heavy (non-hydrogen) atoms. The first-order valence-corrected chi connectivity index (χ1v) is 8.84. The molecule has 0 saturated carbocycles. The predicted octanol–water partition coefficient (Wildman–Crippen LogP) is 2.32. The highest BCUT2D eigenvalue weighted by Crippen LogP contribution is 2.24. The van der Waals surface area contributed by atoms with Crippen LogP contribution in [0.1, 0.15) is 34.7 Å². The van der Waals surface area contributed by atoms with E-state index in [9.17, 15) is 9.59 Å². The summed E-state index contributed by atoms with van der Waals surface area (Å²) >= 11 is 0. The van der Waals surface area contributed by atoms with Crippen molar-refractivity contribution in [2.24, 2.45) is 0 Å². The third-order valence-electron chi connectivity index (χ3n) is 4.70. The van der Waals surface area contributed by atoms with Crippen LogP contribution < -0.4 is 10.6 Å². The van der Waals surface area contributed by atoms with Gasteiger partial charge in [0, 0.05) is 25.5 Å². The lowest BCUT2D eigenvalue weighted by atomic mass is 9.96. The zero-order chi connectivity index (χ0) is 18.5. The maximum atomic E-state index is 12.8. The van der Waals surface area contributed by atoms with E-state index in [0.717, 1.165) is 17.5 Å². The average Bonchev–Trinajstić information content (AvgIpc) is 2.87. The molecule has 6 nitrogen and oxygen atoms in total. The van der Waals surface area contributed by atoms with Crippen molar-refractivity contribution >= 4 is 11.9 Å². The van der Waals surface area contributed by atoms with E-state index >= 15 is 0 Å². The number of hydrogen-bond donors (Lipinski definition) is 2. The first-order valence-electron chi connectivity index (χ1n) is 8.84. The summed E-state index contributed by atoms with van der Waals surface area (Å²) in [6, 6.07) is 9.41. The number of rotatable bonds is 3. The van der Waals surface area contributed by atoms with Crippen LogP contribution in [0.5, 0.6) is 0 Å². The highest BCUT2D eigenvalue weighted by Gasteiger charge is 2.24. The molecule has 2 N–H and O–H groups in total. The summed E-state index contributed by atoms with van der Waals surface area (Å²) in [6.45, 7) is 5.36. The molecule has 1 saturated heterocycles. The number of pyridine rings is 1. The standard InChI is InChI=1S/C20H24N4O2/c1-14-6-7-16(11-15(14)2)19(17-5-3-8-21-12-17)23-20(26)24-10-4-9-22-18(25)13-24/h3,5-8,11-12,19H,4,9-10,13H2,1-2H3,(H,22,25)(H,23,26)/t19-/m0/s1. The Morgan fingerprint density at radius 2 is 2.08 bits per heavy atom. The van der Waals surface area contributed by atoms with Crippen molar-refractivity contribution in [3.05, 3.63) is 65.0 Å². The Kier molecular flexibility index (Phi) is 5.51. The second kappa shape index (κ2) is 7.99. The third kappa shape index (κ3) is 4.20. The number of nitrogens with zero attached hydrogens (tertiary/aromatic N) is 2. The number of carbonyl (C=O) groups excluding carboxylic acids is 2. The van der Waals surface area contributed by atoms with E-state index in [1.54, 1.807) is 17.3 Å². The fourth-order valence-corrected chi connectivity index (χ4v) is 3.04. The highest BCUT2D eigenvalue weighted by molar-refractivity contribution is 5.84. The van der Waals surface area contributed by atoms with Crippen molar-refractivity contribution in [2.75, 3.05) is 19.6 Å². The molecular formula is C20H24N4O2. The molecule has 0 radical (unpaired) electrons. The number of nitrogens with one attached hydrogen (secondary N) is 2. The number of amides is 3. The van der Waals surface area contributed by atoms with Crippen molar-refractivity contribution in [3.8, 4) is 0 Å². The van der Waals surface area contributed by atoms with Crippen LogP contribution in [0.3, 0.4) is 0 Å². The van der Waals surface area contributed by atoms with Gasteiger partial charge in [0.1, 0.15) is 6.54 Å². The van der Waals surface area contributed by atoms with Gasteiger partial charge in [-0.1, -0.05) is 24.3 Å². The minimum Gasteiger partial charge on any atom is -0.354 e. The Labute approximate surface area is 153 Å². The monoisotopic (exact) mass is 352 g/mol. The molecule has 2 aromatic rings. The molecule has 1 atom stereocenters. The number of carbonyl (C=O) groups is 2. The first kappa shape index (κ1) is 17.9. The maximum Gasteiger partial charge on any atom is 0.318 e. The van der Waals surface area contributed by atoms with Crippen molar-refractivity contribution in [3.63, 3.8) is 0 Å². The average molecular weight is 352 g/mol. The molecule has 6 heteroatoms. The Bertz CT molecular complexity index is 792. The summed E-state index contributed by atoms with van der Waals surface area (Å²) < 4.78 is 0. The maximum absolute atomic E-state index is 12.8. The van der Waals surface area contributed by atoms with Gasteiger partial charge in [0.25, 0.3) is 0 Å². The summed E-state index contributed by atoms with van der Waals surface area (Å²) in [5.74, 6) is -0.123. The number of aromatic nitrogens is 1. The van der Waals surface area contributed by atoms with Gasteiger partial charge in [-0.2, -0.15) is 0 Å². The lowest BCUT2D eigenvalue weighted by molar-refractivity contribution is -0.121. The van der Waals surface area contributed by atoms with Crippen molar-refractivity contribution < 1.29 is 9.59 Å². The summed E-state index contributed by atoms with van der Waals surface area (Å²) in [5, 5.41) is 5.87. The van der Waals surface area contributed by atoms with Crippen LogP contribution >= 0.6 is 0 Å². The Morgan fingerprint density at radius 3 is 2.81 bits per heavy atom. The molecular weight excluding hydrogens is 328 g/mol. The molecule has 0 bridgehead atoms. The van der Waals surface area contributed by atoms with Crippen LogP contribution in [0.25, 0.3) is 0 Å². The van der Waals surface area contributed by atoms with Gasteiger partial charge in [-0.25, -0.2) is 4.79 Å². The topological polar surface area (TPSA) is 74.3 Å². The summed E-state index contributed by atoms with van der Waals surface area (Å²) in [7, 11) is 0. The largest absolute Gasteiger partial charge is 0.354 e. The highest BCUT2D eigenvalue weighted by atomic mass is 16.2. The third-order valence-corrected chi connectivity index (χ3v) is 4.70. The van der Waals surface area contributed by atoms with Crippen LogP contribution in [-0.2, 0) is 4.79 Å². The van der Waals surface area contributed by atoms with Crippen LogP contribution in [0, 0.1) is 13.8 Å². The smallest absolute Gasteiger partial charge is 0.318 e. The molecule has 1 aromatic heterocycles. The van der Waals surface area contributed by atoms with Gasteiger partial charge < -0.3 is 15.5 Å². The molecule has 0 aliphatic carbocycles. The number of urea groups is 1. The van der Waals surface area contributed by atoms with Crippen molar-refractivity contribution in [2.45, 2.75) is 26.3 Å². The van der Waals surface area contributed by atoms with E-state index < -0.39 is 0 Å². The fourth-order valence-electron chi connectivity index (χ4n) is 3.04. The first-order chi connectivity index (χ1) is 12.5. The quantitative estimate of drug-likeness (QED) is 0.890. The molecule has 3 amide bonds. The molecule has 3 rings (SSSR count). The van der Waals surface area contributed by atoms with E-state index in [2.05, 4.69) is 41.6 Å². The van der Waals surface area contributed by atoms with Gasteiger partial charge in [0.15, 0.2) is 0 Å². The van der Waals surface area contributed by atoms with Crippen molar-refractivity contribution in [1.29, 1.82) is 0 Å². The summed E-state index contributed by atoms with van der Waals surface area (Å²) in [5.41, 5.74) is 4.27. The van der Waals surface area contributed by atoms with E-state index in [1.165, 1.54) is 11.1 Å². The molecule has 136 valence electrons. The summed E-state index contributed by atoms with van der Waals surface area (Å²) in [4.78, 5) is 30.3. The Hall–Kier alpha value is -2.89. The minimum absolute atomic E-state index is 0.0819. The fraction of sp³-hybridized carbons (Fsp3) is 0.350. The second-order valence-corrected chi connectivity index (χ2v) is 6.64. The second-order valence-electron chi connectivity index (χ2n) is 6.64. The number of hydrogen-bond acceptors (Lipinski definition) is 3. The Morgan fingerprint density at radius 1 is 1.23 bits per heavy atom. The van der Waals surface area contributed by atoms with Gasteiger partial charge in [-0.15, -0.1) is 0 Å². The molecule has 1 aliphatic heterocycles. The van der Waals surface area contributed by atoms with Gasteiger partial charge in [-0.3, -0.25) is 9.78 Å². The van der Waals surface area contributed by atoms with Gasteiger partial charge in [0.2, 0.25) is 5.91 Å². The molecule has 0 spiro atoms. The van der Waals surface area contributed by atoms with Gasteiger partial charge in [-0.05, 0) is 48.6 Å². The molecule has 2 heterocycles. The molecule has 1 aliphatic rings. The molecule has 1 fully saturated rings. The van der Waals surface area contributed by atoms with Crippen LogP contribution in [0.4, 0.5) is 4.79 Å². The zero-order valence-corrected chi connectivity index (χ0v) is 15.2. The van der Waals surface area contributed by atoms with E-state index in [-0.39, 0.29) is 24.5 Å². The molecule has 0 unspecified atom stereocenters. The van der Waals surface area contributed by atoms with Gasteiger partial charge in [0.05, 0.1) is 6.04 Å². The SMILES string of the molecule is Cc1ccc([C@H](NC(=O)N2CCCNC(=O)C2)c2cccnc2)cc1C. The summed E-state index contributed by atoms with van der Waals surface area (Å²) in [6.07, 6.45) is 4.22. The van der Waals surface area contributed by atoms with E-state index in [1.807, 2.05) is 18.2 Å². The lowest BCUT2D eigenvalue weighted by Gasteiger charge is -2.25. The Balaban J connectivity index is 1.87. The molecule has 1 aromatic carbocycles. The number of aryl methyl sites for hydroxylation is 2. The van der Waals surface area contributed by atoms with Gasteiger partial charge >= 0.3 is 6.03 Å². The lowest BCUT2D eigenvalue weighted by Crippen LogP contribution is -2.44. The predicted molar refractivity (Wildman–Crippen MR) is 99.7 cm³/mol. The number of benzene rings is 1. The van der Waals surface area contributed by atoms with E-state index in [4.69, 9.17) is 0 Å². The van der Waals surface area contributed by atoms with E-state index in [0.29, 0.717) is 13.1 Å². The van der Waals surface area contributed by atoms with Crippen LogP contribution in [0.2, 0.25) is 0 Å². The van der Waals surface area contributed by atoms with Crippen LogP contribution in [0.15, 0.2) is 42.7 Å². The normalized spacial score (nSPS) is 15.8. The zero-order valence-electron chi connectivity index (χ0n) is 15.2.